The molecule has 2 rings (SSSR count). The Morgan fingerprint density at radius 1 is 1.00 bits per heavy atom. The van der Waals surface area contributed by atoms with Gasteiger partial charge in [-0.25, -0.2) is 8.78 Å². The van der Waals surface area contributed by atoms with Gasteiger partial charge in [0, 0.05) is 17.2 Å². The van der Waals surface area contributed by atoms with Crippen LogP contribution in [0.25, 0.3) is 0 Å². The average molecular weight is 232 g/mol. The lowest BCUT2D eigenvalue weighted by Crippen LogP contribution is -2.04. The van der Waals surface area contributed by atoms with Crippen molar-refractivity contribution in [2.24, 2.45) is 0 Å². The zero-order valence-corrected chi connectivity index (χ0v) is 9.21. The number of aryl methyl sites for hydroxylation is 1. The van der Waals surface area contributed by atoms with E-state index in [1.807, 2.05) is 0 Å². The first-order valence-corrected chi connectivity index (χ1v) is 5.14. The molecule has 0 aliphatic carbocycles. The number of carbonyl (C=O) groups is 1. The highest BCUT2D eigenvalue weighted by molar-refractivity contribution is 6.09. The molecule has 2 aromatic rings. The van der Waals surface area contributed by atoms with Crippen molar-refractivity contribution < 1.29 is 13.6 Å². The van der Waals surface area contributed by atoms with Gasteiger partial charge < -0.3 is 0 Å². The third-order valence-electron chi connectivity index (χ3n) is 2.51. The van der Waals surface area contributed by atoms with E-state index in [9.17, 15) is 13.6 Å². The van der Waals surface area contributed by atoms with Crippen LogP contribution in [-0.4, -0.2) is 5.78 Å². The quantitative estimate of drug-likeness (QED) is 0.724. The predicted molar refractivity (Wildman–Crippen MR) is 61.0 cm³/mol. The Morgan fingerprint density at radius 2 is 1.59 bits per heavy atom. The van der Waals surface area contributed by atoms with Gasteiger partial charge in [-0.15, -0.1) is 0 Å². The molecular formula is C14H10F2O. The Bertz CT molecular complexity index is 556. The van der Waals surface area contributed by atoms with E-state index < -0.39 is 11.6 Å². The number of carbonyl (C=O) groups excluding carboxylic acids is 1. The average Bonchev–Trinajstić information content (AvgIpc) is 2.27. The summed E-state index contributed by atoms with van der Waals surface area (Å²) >= 11 is 0. The summed E-state index contributed by atoms with van der Waals surface area (Å²) in [6.07, 6.45) is 0. The predicted octanol–water partition coefficient (Wildman–Crippen LogP) is 3.50. The summed E-state index contributed by atoms with van der Waals surface area (Å²) in [5, 5.41) is 0. The lowest BCUT2D eigenvalue weighted by atomic mass is 9.99. The monoisotopic (exact) mass is 232 g/mol. The lowest BCUT2D eigenvalue weighted by Gasteiger charge is -2.05. The molecule has 86 valence electrons. The molecule has 2 aromatic carbocycles. The molecule has 1 nitrogen and oxygen atoms in total. The van der Waals surface area contributed by atoms with Crippen molar-refractivity contribution in [1.82, 2.24) is 0 Å². The normalized spacial score (nSPS) is 10.3. The second-order valence-electron chi connectivity index (χ2n) is 3.80. The van der Waals surface area contributed by atoms with Gasteiger partial charge in [0.2, 0.25) is 0 Å². The number of halogens is 2. The second kappa shape index (κ2) is 4.45. The fourth-order valence-electron chi connectivity index (χ4n) is 1.67. The topological polar surface area (TPSA) is 17.1 Å². The van der Waals surface area contributed by atoms with Crippen LogP contribution in [0.4, 0.5) is 8.78 Å². The van der Waals surface area contributed by atoms with Crippen LogP contribution < -0.4 is 0 Å². The molecule has 0 fully saturated rings. The molecule has 0 bridgehead atoms. The third-order valence-corrected chi connectivity index (χ3v) is 2.51. The molecular weight excluding hydrogens is 222 g/mol. The number of rotatable bonds is 2. The van der Waals surface area contributed by atoms with Crippen LogP contribution >= 0.6 is 0 Å². The van der Waals surface area contributed by atoms with E-state index in [4.69, 9.17) is 0 Å². The van der Waals surface area contributed by atoms with E-state index in [0.717, 1.165) is 23.8 Å². The number of benzene rings is 2. The smallest absolute Gasteiger partial charge is 0.193 e. The van der Waals surface area contributed by atoms with Crippen molar-refractivity contribution in [3.05, 3.63) is 70.8 Å². The fraction of sp³-hybridized carbons (Fsp3) is 0.0714. The van der Waals surface area contributed by atoms with Gasteiger partial charge in [0.05, 0.1) is 0 Å². The van der Waals surface area contributed by atoms with Crippen LogP contribution in [0.5, 0.6) is 0 Å². The summed E-state index contributed by atoms with van der Waals surface area (Å²) in [6.45, 7) is 1.78. The van der Waals surface area contributed by atoms with Crippen LogP contribution in [0.2, 0.25) is 0 Å². The highest BCUT2D eigenvalue weighted by Gasteiger charge is 2.13. The van der Waals surface area contributed by atoms with Gasteiger partial charge in [-0.3, -0.25) is 4.79 Å². The van der Waals surface area contributed by atoms with Crippen molar-refractivity contribution in [2.75, 3.05) is 0 Å². The minimum Gasteiger partial charge on any atom is -0.289 e. The van der Waals surface area contributed by atoms with E-state index in [0.29, 0.717) is 5.56 Å². The van der Waals surface area contributed by atoms with Crippen LogP contribution in [0.1, 0.15) is 21.5 Å². The maximum atomic E-state index is 13.0. The SMILES string of the molecule is Cc1ccccc1C(=O)c1cc(F)cc(F)c1. The van der Waals surface area contributed by atoms with Crippen molar-refractivity contribution in [2.45, 2.75) is 6.92 Å². The number of hydrogen-bond donors (Lipinski definition) is 0. The van der Waals surface area contributed by atoms with Crippen LogP contribution in [0.3, 0.4) is 0 Å². The molecule has 3 heteroatoms. The van der Waals surface area contributed by atoms with Gasteiger partial charge in [0.15, 0.2) is 5.78 Å². The van der Waals surface area contributed by atoms with Gasteiger partial charge in [0.25, 0.3) is 0 Å². The lowest BCUT2D eigenvalue weighted by molar-refractivity contribution is 0.103. The first-order valence-electron chi connectivity index (χ1n) is 5.14. The van der Waals surface area contributed by atoms with Gasteiger partial charge in [0.1, 0.15) is 11.6 Å². The summed E-state index contributed by atoms with van der Waals surface area (Å²) in [5.74, 6) is -1.87. The van der Waals surface area contributed by atoms with E-state index >= 15 is 0 Å². The minimum atomic E-state index is -0.748. The number of hydrogen-bond acceptors (Lipinski definition) is 1. The summed E-state index contributed by atoms with van der Waals surface area (Å²) in [5.41, 5.74) is 1.26. The molecule has 0 N–H and O–H groups in total. The Kier molecular flexibility index (Phi) is 3.00. The third kappa shape index (κ3) is 2.38. The highest BCUT2D eigenvalue weighted by atomic mass is 19.1. The van der Waals surface area contributed by atoms with E-state index in [1.165, 1.54) is 0 Å². The van der Waals surface area contributed by atoms with Crippen molar-refractivity contribution in [3.63, 3.8) is 0 Å². The van der Waals surface area contributed by atoms with Gasteiger partial charge in [-0.1, -0.05) is 24.3 Å². The Morgan fingerprint density at radius 3 is 2.18 bits per heavy atom. The van der Waals surface area contributed by atoms with Gasteiger partial charge in [-0.05, 0) is 24.6 Å². The van der Waals surface area contributed by atoms with Gasteiger partial charge in [-0.2, -0.15) is 0 Å². The van der Waals surface area contributed by atoms with E-state index in [2.05, 4.69) is 0 Å². The molecule has 0 heterocycles. The molecule has 0 amide bonds. The maximum Gasteiger partial charge on any atom is 0.193 e. The molecule has 0 spiro atoms. The van der Waals surface area contributed by atoms with Gasteiger partial charge >= 0.3 is 0 Å². The maximum absolute atomic E-state index is 13.0. The molecule has 0 aliphatic rings. The molecule has 0 saturated carbocycles. The zero-order valence-electron chi connectivity index (χ0n) is 9.21. The van der Waals surface area contributed by atoms with Crippen LogP contribution in [0.15, 0.2) is 42.5 Å². The first-order chi connectivity index (χ1) is 8.08. The van der Waals surface area contributed by atoms with Crippen LogP contribution in [0, 0.1) is 18.6 Å². The zero-order chi connectivity index (χ0) is 12.4. The van der Waals surface area contributed by atoms with Crippen LogP contribution in [-0.2, 0) is 0 Å². The number of ketones is 1. The molecule has 0 atom stereocenters. The molecule has 0 aromatic heterocycles. The fourth-order valence-corrected chi connectivity index (χ4v) is 1.67. The molecule has 0 radical (unpaired) electrons. The Hall–Kier alpha value is -2.03. The molecule has 17 heavy (non-hydrogen) atoms. The van der Waals surface area contributed by atoms with Crippen molar-refractivity contribution >= 4 is 5.78 Å². The largest absolute Gasteiger partial charge is 0.289 e. The van der Waals surface area contributed by atoms with E-state index in [-0.39, 0.29) is 11.3 Å². The second-order valence-corrected chi connectivity index (χ2v) is 3.80. The van der Waals surface area contributed by atoms with Crippen molar-refractivity contribution in [1.29, 1.82) is 0 Å². The Labute approximate surface area is 97.7 Å². The minimum absolute atomic E-state index is 0.0248. The van der Waals surface area contributed by atoms with E-state index in [1.54, 1.807) is 31.2 Å². The molecule has 0 unspecified atom stereocenters. The molecule has 0 aliphatic heterocycles. The highest BCUT2D eigenvalue weighted by Crippen LogP contribution is 2.16. The summed E-state index contributed by atoms with van der Waals surface area (Å²) in [7, 11) is 0. The summed E-state index contributed by atoms with van der Waals surface area (Å²) in [6, 6.07) is 9.77. The Balaban J connectivity index is 2.48. The summed E-state index contributed by atoms with van der Waals surface area (Å²) in [4.78, 5) is 12.0. The summed E-state index contributed by atoms with van der Waals surface area (Å²) < 4.78 is 26.0. The van der Waals surface area contributed by atoms with Crippen molar-refractivity contribution in [3.8, 4) is 0 Å². The standard InChI is InChI=1S/C14H10F2O/c1-9-4-2-3-5-13(9)14(17)10-6-11(15)8-12(16)7-10/h2-8H,1H3. The first kappa shape index (κ1) is 11.5. The molecule has 0 saturated heterocycles.